The molecule has 2 rings (SSSR count). The largest absolute Gasteiger partial charge is 0.381 e. The summed E-state index contributed by atoms with van der Waals surface area (Å²) in [5.41, 5.74) is 0.945. The van der Waals surface area contributed by atoms with Crippen LogP contribution in [0.25, 0.3) is 0 Å². The molecular formula is C19H28ClN3O3. The Morgan fingerprint density at radius 1 is 1.31 bits per heavy atom. The number of benzene rings is 1. The van der Waals surface area contributed by atoms with Crippen LogP contribution in [0.1, 0.15) is 43.5 Å². The molecule has 0 unspecified atom stereocenters. The Labute approximate surface area is 160 Å². The summed E-state index contributed by atoms with van der Waals surface area (Å²) in [6, 6.07) is 4.62. The van der Waals surface area contributed by atoms with Crippen molar-refractivity contribution < 1.29 is 14.3 Å². The van der Waals surface area contributed by atoms with Crippen molar-refractivity contribution >= 4 is 29.2 Å². The minimum atomic E-state index is -0.318. The lowest BCUT2D eigenvalue weighted by Gasteiger charge is -2.19. The van der Waals surface area contributed by atoms with Crippen molar-refractivity contribution in [1.82, 2.24) is 10.2 Å². The highest BCUT2D eigenvalue weighted by molar-refractivity contribution is 6.33. The van der Waals surface area contributed by atoms with Crippen LogP contribution in [0.2, 0.25) is 5.02 Å². The van der Waals surface area contributed by atoms with E-state index in [0.29, 0.717) is 41.8 Å². The number of hydrogen-bond donors (Lipinski definition) is 2. The van der Waals surface area contributed by atoms with Crippen LogP contribution in [0.4, 0.5) is 10.5 Å². The van der Waals surface area contributed by atoms with Crippen LogP contribution in [0, 0.1) is 5.92 Å². The first-order chi connectivity index (χ1) is 12.5. The maximum Gasteiger partial charge on any atom is 0.319 e. The molecule has 6 nitrogen and oxygen atoms in total. The maximum absolute atomic E-state index is 12.4. The van der Waals surface area contributed by atoms with Gasteiger partial charge in [-0.25, -0.2) is 4.79 Å². The van der Waals surface area contributed by atoms with E-state index in [0.717, 1.165) is 32.5 Å². The van der Waals surface area contributed by atoms with Crippen LogP contribution in [0.5, 0.6) is 0 Å². The lowest BCUT2D eigenvalue weighted by atomic mass is 10.0. The third-order valence-corrected chi connectivity index (χ3v) is 4.94. The quantitative estimate of drug-likeness (QED) is 0.673. The van der Waals surface area contributed by atoms with Gasteiger partial charge in [0, 0.05) is 38.4 Å². The van der Waals surface area contributed by atoms with Gasteiger partial charge in [0.15, 0.2) is 0 Å². The van der Waals surface area contributed by atoms with Crippen molar-refractivity contribution in [2.75, 3.05) is 38.2 Å². The summed E-state index contributed by atoms with van der Waals surface area (Å²) in [5, 5.41) is 5.96. The van der Waals surface area contributed by atoms with Gasteiger partial charge in [-0.05, 0) is 57.2 Å². The number of rotatable bonds is 8. The number of hydrogen-bond acceptors (Lipinski definition) is 3. The Hall–Kier alpha value is -1.79. The highest BCUT2D eigenvalue weighted by Gasteiger charge is 2.16. The van der Waals surface area contributed by atoms with Crippen LogP contribution in [0.15, 0.2) is 18.2 Å². The fourth-order valence-electron chi connectivity index (χ4n) is 3.02. The Morgan fingerprint density at radius 3 is 2.73 bits per heavy atom. The molecule has 3 amide bonds. The molecule has 1 heterocycles. The molecule has 0 spiro atoms. The van der Waals surface area contributed by atoms with Crippen molar-refractivity contribution in [3.63, 3.8) is 0 Å². The second kappa shape index (κ2) is 10.4. The standard InChI is InChI=1S/C19H28ClN3O3/c1-3-23(4-2)18(24)15-7-8-16(20)17(12-15)22-19(25)21-10-5-6-14-9-11-26-13-14/h7-8,12,14H,3-6,9-11,13H2,1-2H3,(H2,21,22,25)/t14-/m1/s1. The predicted molar refractivity (Wildman–Crippen MR) is 104 cm³/mol. The Morgan fingerprint density at radius 2 is 2.08 bits per heavy atom. The average Bonchev–Trinajstić information content (AvgIpc) is 3.15. The Balaban J connectivity index is 1.86. The van der Waals surface area contributed by atoms with Crippen LogP contribution in [-0.4, -0.2) is 49.7 Å². The first-order valence-corrected chi connectivity index (χ1v) is 9.64. The zero-order chi connectivity index (χ0) is 18.9. The number of anilines is 1. The van der Waals surface area contributed by atoms with E-state index in [4.69, 9.17) is 16.3 Å². The van der Waals surface area contributed by atoms with Gasteiger partial charge in [-0.2, -0.15) is 0 Å². The number of nitrogens with one attached hydrogen (secondary N) is 2. The number of carbonyl (C=O) groups excluding carboxylic acids is 2. The molecule has 0 aromatic heterocycles. The van der Waals surface area contributed by atoms with E-state index >= 15 is 0 Å². The highest BCUT2D eigenvalue weighted by Crippen LogP contribution is 2.24. The van der Waals surface area contributed by atoms with Crippen LogP contribution < -0.4 is 10.6 Å². The van der Waals surface area contributed by atoms with Crippen molar-refractivity contribution in [2.45, 2.75) is 33.1 Å². The normalized spacial score (nSPS) is 16.3. The van der Waals surface area contributed by atoms with Gasteiger partial charge in [-0.1, -0.05) is 11.6 Å². The van der Waals surface area contributed by atoms with E-state index in [-0.39, 0.29) is 11.9 Å². The number of nitrogens with zero attached hydrogens (tertiary/aromatic N) is 1. The molecule has 1 atom stereocenters. The monoisotopic (exact) mass is 381 g/mol. The third kappa shape index (κ3) is 5.88. The number of ether oxygens (including phenoxy) is 1. The van der Waals surface area contributed by atoms with E-state index in [1.54, 1.807) is 23.1 Å². The van der Waals surface area contributed by atoms with E-state index in [1.807, 2.05) is 13.8 Å². The van der Waals surface area contributed by atoms with Gasteiger partial charge < -0.3 is 20.3 Å². The molecule has 144 valence electrons. The van der Waals surface area contributed by atoms with E-state index < -0.39 is 0 Å². The molecular weight excluding hydrogens is 354 g/mol. The molecule has 0 radical (unpaired) electrons. The summed E-state index contributed by atoms with van der Waals surface area (Å²) < 4.78 is 5.35. The Bertz CT molecular complexity index is 614. The van der Waals surface area contributed by atoms with Crippen molar-refractivity contribution in [1.29, 1.82) is 0 Å². The molecule has 0 bridgehead atoms. The van der Waals surface area contributed by atoms with E-state index in [2.05, 4.69) is 10.6 Å². The van der Waals surface area contributed by atoms with Crippen LogP contribution in [0.3, 0.4) is 0 Å². The topological polar surface area (TPSA) is 70.7 Å². The second-order valence-electron chi connectivity index (χ2n) is 6.42. The fourth-order valence-corrected chi connectivity index (χ4v) is 3.18. The lowest BCUT2D eigenvalue weighted by Crippen LogP contribution is -2.31. The minimum absolute atomic E-state index is 0.0751. The zero-order valence-electron chi connectivity index (χ0n) is 15.5. The summed E-state index contributed by atoms with van der Waals surface area (Å²) in [6.45, 7) is 7.40. The SMILES string of the molecule is CCN(CC)C(=O)c1ccc(Cl)c(NC(=O)NCCC[C@@H]2CCOC2)c1. The summed E-state index contributed by atoms with van der Waals surface area (Å²) in [6.07, 6.45) is 3.07. The number of urea groups is 1. The summed E-state index contributed by atoms with van der Waals surface area (Å²) in [5.74, 6) is 0.533. The van der Waals surface area contributed by atoms with Crippen molar-refractivity contribution in [2.24, 2.45) is 5.92 Å². The third-order valence-electron chi connectivity index (χ3n) is 4.61. The molecule has 1 saturated heterocycles. The fraction of sp³-hybridized carbons (Fsp3) is 0.579. The van der Waals surface area contributed by atoms with Gasteiger partial charge in [-0.3, -0.25) is 4.79 Å². The average molecular weight is 382 g/mol. The molecule has 2 N–H and O–H groups in total. The molecule has 1 aliphatic rings. The van der Waals surface area contributed by atoms with Crippen molar-refractivity contribution in [3.05, 3.63) is 28.8 Å². The molecule has 1 aliphatic heterocycles. The minimum Gasteiger partial charge on any atom is -0.381 e. The molecule has 0 saturated carbocycles. The van der Waals surface area contributed by atoms with Gasteiger partial charge in [0.1, 0.15) is 0 Å². The Kier molecular flexibility index (Phi) is 8.19. The summed E-state index contributed by atoms with van der Waals surface area (Å²) >= 11 is 6.16. The van der Waals surface area contributed by atoms with Gasteiger partial charge in [0.05, 0.1) is 10.7 Å². The molecule has 1 aromatic carbocycles. The van der Waals surface area contributed by atoms with Crippen molar-refractivity contribution in [3.8, 4) is 0 Å². The number of carbonyl (C=O) groups is 2. The highest BCUT2D eigenvalue weighted by atomic mass is 35.5. The predicted octanol–water partition coefficient (Wildman–Crippen LogP) is 3.76. The molecule has 1 fully saturated rings. The summed E-state index contributed by atoms with van der Waals surface area (Å²) in [7, 11) is 0. The first kappa shape index (κ1) is 20.5. The van der Waals surface area contributed by atoms with E-state index in [9.17, 15) is 9.59 Å². The zero-order valence-corrected chi connectivity index (χ0v) is 16.3. The molecule has 0 aliphatic carbocycles. The first-order valence-electron chi connectivity index (χ1n) is 9.26. The second-order valence-corrected chi connectivity index (χ2v) is 6.83. The number of halogens is 1. The summed E-state index contributed by atoms with van der Waals surface area (Å²) in [4.78, 5) is 26.2. The van der Waals surface area contributed by atoms with Gasteiger partial charge in [-0.15, -0.1) is 0 Å². The lowest BCUT2D eigenvalue weighted by molar-refractivity contribution is 0.0773. The van der Waals surface area contributed by atoms with Crippen LogP contribution >= 0.6 is 11.6 Å². The van der Waals surface area contributed by atoms with E-state index in [1.165, 1.54) is 0 Å². The van der Waals surface area contributed by atoms with Crippen LogP contribution in [-0.2, 0) is 4.74 Å². The number of amides is 3. The molecule has 7 heteroatoms. The van der Waals surface area contributed by atoms with Gasteiger partial charge in [0.25, 0.3) is 5.91 Å². The molecule has 26 heavy (non-hydrogen) atoms. The maximum atomic E-state index is 12.4. The smallest absolute Gasteiger partial charge is 0.319 e. The molecule has 1 aromatic rings. The van der Waals surface area contributed by atoms with Gasteiger partial charge >= 0.3 is 6.03 Å². The van der Waals surface area contributed by atoms with Gasteiger partial charge in [0.2, 0.25) is 0 Å².